The Balaban J connectivity index is 1.38. The number of hydrogen-bond donors (Lipinski definition) is 0. The fraction of sp³-hybridized carbons (Fsp3) is 0.156. The molecule has 9 rings (SSSR count). The van der Waals surface area contributed by atoms with E-state index < -0.39 is 0 Å². The number of fused-ring (bicyclic) bond motifs is 6. The summed E-state index contributed by atoms with van der Waals surface area (Å²) in [6.07, 6.45) is 12.9. The zero-order chi connectivity index (χ0) is 30.8. The Morgan fingerprint density at radius 3 is 2.33 bits per heavy atom. The van der Waals surface area contributed by atoms with Crippen molar-refractivity contribution in [2.75, 3.05) is 4.90 Å². The maximum absolute atomic E-state index is 2.62. The molecule has 0 amide bonds. The van der Waals surface area contributed by atoms with E-state index in [9.17, 15) is 0 Å². The molecule has 3 aliphatic carbocycles. The number of benzene rings is 6. The molecular formula is C45H37N. The van der Waals surface area contributed by atoms with Crippen LogP contribution in [-0.2, 0) is 11.8 Å². The molecule has 0 N–H and O–H groups in total. The third-order valence-corrected chi connectivity index (χ3v) is 10.7. The van der Waals surface area contributed by atoms with Crippen LogP contribution in [0, 0.1) is 0 Å². The van der Waals surface area contributed by atoms with Gasteiger partial charge in [0, 0.05) is 33.5 Å². The van der Waals surface area contributed by atoms with Gasteiger partial charge in [-0.3, -0.25) is 0 Å². The minimum Gasteiger partial charge on any atom is -0.309 e. The highest BCUT2D eigenvalue weighted by Gasteiger charge is 2.42. The van der Waals surface area contributed by atoms with Crippen LogP contribution in [-0.4, -0.2) is 0 Å². The van der Waals surface area contributed by atoms with Crippen LogP contribution in [0.3, 0.4) is 0 Å². The van der Waals surface area contributed by atoms with Crippen molar-refractivity contribution in [3.05, 3.63) is 173 Å². The summed E-state index contributed by atoms with van der Waals surface area (Å²) in [4.78, 5) is 2.62. The first-order chi connectivity index (χ1) is 22.6. The monoisotopic (exact) mass is 591 g/mol. The smallest absolute Gasteiger partial charge is 0.0615 e. The summed E-state index contributed by atoms with van der Waals surface area (Å²) in [5.41, 5.74) is 13.5. The molecule has 0 spiro atoms. The molecular weight excluding hydrogens is 555 g/mol. The normalized spacial score (nSPS) is 17.7. The molecule has 0 heterocycles. The Morgan fingerprint density at radius 2 is 1.46 bits per heavy atom. The SMILES string of the molecule is CC1(C)C2=CC(N(c3ccc4ccccc4c3-c3ccccc3)c3c4c(cc5ccccc35)CCC=C4)=CCC2c2ccccc21. The van der Waals surface area contributed by atoms with Crippen LogP contribution in [0.4, 0.5) is 11.4 Å². The standard InChI is InChI=1S/C45H37N/c1-45(2)40-23-13-12-22-38(40)39-26-25-34(29-41(39)45)46(44-36-20-10-7-17-32(36)28-33-18-8-11-21-37(33)44)42-27-24-30-14-6-9-19-35(30)43(42)31-15-4-3-5-16-31/h3-7,9-17,19-25,27-29,39H,8,18,26H2,1-2H3. The fourth-order valence-corrected chi connectivity index (χ4v) is 8.49. The summed E-state index contributed by atoms with van der Waals surface area (Å²) >= 11 is 0. The van der Waals surface area contributed by atoms with Gasteiger partial charge in [0.15, 0.2) is 0 Å². The summed E-state index contributed by atoms with van der Waals surface area (Å²) in [7, 11) is 0. The van der Waals surface area contributed by atoms with E-state index in [1.807, 2.05) is 0 Å². The number of nitrogens with zero attached hydrogens (tertiary/aromatic N) is 1. The molecule has 0 fully saturated rings. The third kappa shape index (κ3) is 4.08. The molecule has 6 aromatic rings. The van der Waals surface area contributed by atoms with Crippen LogP contribution >= 0.6 is 0 Å². The molecule has 46 heavy (non-hydrogen) atoms. The molecule has 3 aliphatic rings. The molecule has 222 valence electrons. The van der Waals surface area contributed by atoms with Crippen LogP contribution in [0.15, 0.2) is 151 Å². The highest BCUT2D eigenvalue weighted by Crippen LogP contribution is 2.55. The quantitative estimate of drug-likeness (QED) is 0.197. The van der Waals surface area contributed by atoms with E-state index in [0.29, 0.717) is 5.92 Å². The number of allylic oxidation sites excluding steroid dienone is 4. The highest BCUT2D eigenvalue weighted by atomic mass is 15.2. The lowest BCUT2D eigenvalue weighted by molar-refractivity contribution is 0.609. The molecule has 1 unspecified atom stereocenters. The van der Waals surface area contributed by atoms with Gasteiger partial charge in [0.1, 0.15) is 0 Å². The summed E-state index contributed by atoms with van der Waals surface area (Å²) in [5, 5.41) is 5.12. The van der Waals surface area contributed by atoms with Crippen molar-refractivity contribution in [2.45, 2.75) is 44.4 Å². The predicted octanol–water partition coefficient (Wildman–Crippen LogP) is 12.0. The second-order valence-electron chi connectivity index (χ2n) is 13.6. The molecule has 1 heteroatoms. The van der Waals surface area contributed by atoms with Crippen molar-refractivity contribution in [2.24, 2.45) is 0 Å². The van der Waals surface area contributed by atoms with Gasteiger partial charge < -0.3 is 4.90 Å². The lowest BCUT2D eigenvalue weighted by atomic mass is 9.78. The van der Waals surface area contributed by atoms with Gasteiger partial charge in [0.25, 0.3) is 0 Å². The first kappa shape index (κ1) is 27.2. The van der Waals surface area contributed by atoms with Crippen molar-refractivity contribution < 1.29 is 0 Å². The van der Waals surface area contributed by atoms with Gasteiger partial charge in [-0.1, -0.05) is 153 Å². The van der Waals surface area contributed by atoms with E-state index in [4.69, 9.17) is 0 Å². The molecule has 0 aliphatic heterocycles. The Bertz CT molecular complexity index is 2260. The Morgan fingerprint density at radius 1 is 0.717 bits per heavy atom. The minimum atomic E-state index is -0.0316. The second kappa shape index (κ2) is 10.5. The van der Waals surface area contributed by atoms with E-state index in [1.54, 1.807) is 0 Å². The number of rotatable bonds is 4. The average molecular weight is 592 g/mol. The predicted molar refractivity (Wildman–Crippen MR) is 196 cm³/mol. The number of hydrogen-bond acceptors (Lipinski definition) is 1. The van der Waals surface area contributed by atoms with Crippen LogP contribution in [0.25, 0.3) is 38.7 Å². The van der Waals surface area contributed by atoms with Gasteiger partial charge in [0.2, 0.25) is 0 Å². The third-order valence-electron chi connectivity index (χ3n) is 10.7. The van der Waals surface area contributed by atoms with Gasteiger partial charge in [-0.2, -0.15) is 0 Å². The summed E-state index contributed by atoms with van der Waals surface area (Å²) < 4.78 is 0. The summed E-state index contributed by atoms with van der Waals surface area (Å²) in [6, 6.07) is 45.0. The molecule has 1 nitrogen and oxygen atoms in total. The van der Waals surface area contributed by atoms with Gasteiger partial charge in [-0.15, -0.1) is 0 Å². The molecule has 0 aromatic heterocycles. The zero-order valence-corrected chi connectivity index (χ0v) is 26.5. The first-order valence-electron chi connectivity index (χ1n) is 16.7. The maximum atomic E-state index is 2.62. The second-order valence-corrected chi connectivity index (χ2v) is 13.6. The van der Waals surface area contributed by atoms with E-state index in [-0.39, 0.29) is 5.41 Å². The average Bonchev–Trinajstić information content (AvgIpc) is 3.34. The largest absolute Gasteiger partial charge is 0.309 e. The van der Waals surface area contributed by atoms with Gasteiger partial charge in [-0.25, -0.2) is 0 Å². The Labute approximate surface area is 271 Å². The van der Waals surface area contributed by atoms with Crippen LogP contribution in [0.5, 0.6) is 0 Å². The topological polar surface area (TPSA) is 3.24 Å². The van der Waals surface area contributed by atoms with Crippen molar-refractivity contribution in [1.82, 2.24) is 0 Å². The summed E-state index contributed by atoms with van der Waals surface area (Å²) in [6.45, 7) is 4.83. The lowest BCUT2D eigenvalue weighted by Crippen LogP contribution is -2.24. The Hall–Kier alpha value is -5.14. The first-order valence-corrected chi connectivity index (χ1v) is 16.7. The molecule has 0 radical (unpaired) electrons. The van der Waals surface area contributed by atoms with Gasteiger partial charge >= 0.3 is 0 Å². The van der Waals surface area contributed by atoms with E-state index in [1.165, 1.54) is 77.6 Å². The molecule has 0 saturated heterocycles. The lowest BCUT2D eigenvalue weighted by Gasteiger charge is -2.36. The van der Waals surface area contributed by atoms with Crippen LogP contribution < -0.4 is 4.90 Å². The van der Waals surface area contributed by atoms with Crippen molar-refractivity contribution in [3.8, 4) is 11.1 Å². The molecule has 0 saturated carbocycles. The van der Waals surface area contributed by atoms with E-state index >= 15 is 0 Å². The van der Waals surface area contributed by atoms with Gasteiger partial charge in [-0.05, 0) is 69.8 Å². The van der Waals surface area contributed by atoms with Crippen LogP contribution in [0.1, 0.15) is 54.9 Å². The van der Waals surface area contributed by atoms with E-state index in [0.717, 1.165) is 19.3 Å². The molecule has 1 atom stereocenters. The van der Waals surface area contributed by atoms with Gasteiger partial charge in [0.05, 0.1) is 11.4 Å². The number of aryl methyl sites for hydroxylation is 1. The highest BCUT2D eigenvalue weighted by molar-refractivity contribution is 6.09. The van der Waals surface area contributed by atoms with Crippen molar-refractivity contribution >= 4 is 39.0 Å². The number of anilines is 2. The Kier molecular flexibility index (Phi) is 6.18. The van der Waals surface area contributed by atoms with E-state index in [2.05, 4.69) is 164 Å². The fourth-order valence-electron chi connectivity index (χ4n) is 8.49. The maximum Gasteiger partial charge on any atom is 0.0615 e. The van der Waals surface area contributed by atoms with Crippen molar-refractivity contribution in [3.63, 3.8) is 0 Å². The van der Waals surface area contributed by atoms with Crippen molar-refractivity contribution in [1.29, 1.82) is 0 Å². The van der Waals surface area contributed by atoms with Crippen LogP contribution in [0.2, 0.25) is 0 Å². The molecule has 6 aromatic carbocycles. The zero-order valence-electron chi connectivity index (χ0n) is 26.5. The molecule has 0 bridgehead atoms. The minimum absolute atomic E-state index is 0.0316. The summed E-state index contributed by atoms with van der Waals surface area (Å²) in [5.74, 6) is 0.420.